The number of piperidine rings is 1. The van der Waals surface area contributed by atoms with E-state index < -0.39 is 0 Å². The molecule has 0 aromatic carbocycles. The molecule has 1 fully saturated rings. The van der Waals surface area contributed by atoms with Crippen LogP contribution >= 0.6 is 0 Å². The maximum atomic E-state index is 12.2. The molecule has 3 aromatic heterocycles. The van der Waals surface area contributed by atoms with Crippen LogP contribution in [0.4, 0.5) is 5.82 Å². The third-order valence-electron chi connectivity index (χ3n) is 5.09. The normalized spacial score (nSPS) is 20.9. The number of nitrogen functional groups attached to an aromatic ring is 1. The van der Waals surface area contributed by atoms with Crippen molar-refractivity contribution in [2.75, 3.05) is 18.8 Å². The predicted molar refractivity (Wildman–Crippen MR) is 93.4 cm³/mol. The zero-order valence-corrected chi connectivity index (χ0v) is 13.9. The summed E-state index contributed by atoms with van der Waals surface area (Å²) in [4.78, 5) is 21.4. The van der Waals surface area contributed by atoms with E-state index in [2.05, 4.69) is 22.0 Å². The van der Waals surface area contributed by atoms with Gasteiger partial charge in [0.1, 0.15) is 12.1 Å². The fourth-order valence-corrected chi connectivity index (χ4v) is 3.66. The molecule has 8 nitrogen and oxygen atoms in total. The Morgan fingerprint density at radius 1 is 1.52 bits per heavy atom. The average molecular weight is 337 g/mol. The van der Waals surface area contributed by atoms with Crippen LogP contribution in [-0.4, -0.2) is 43.6 Å². The van der Waals surface area contributed by atoms with E-state index in [4.69, 9.17) is 11.0 Å². The first-order chi connectivity index (χ1) is 12.1. The van der Waals surface area contributed by atoms with Gasteiger partial charge in [-0.15, -0.1) is 0 Å². The summed E-state index contributed by atoms with van der Waals surface area (Å²) >= 11 is 0. The van der Waals surface area contributed by atoms with Gasteiger partial charge in [-0.05, 0) is 18.4 Å². The summed E-state index contributed by atoms with van der Waals surface area (Å²) in [5, 5.41) is 15.2. The quantitative estimate of drug-likeness (QED) is 0.740. The van der Waals surface area contributed by atoms with E-state index >= 15 is 0 Å². The number of nitriles is 1. The molecule has 1 aliphatic rings. The molecular formula is C17H19N7O. The first kappa shape index (κ1) is 15.4. The zero-order chi connectivity index (χ0) is 17.6. The van der Waals surface area contributed by atoms with Gasteiger partial charge < -0.3 is 15.6 Å². The van der Waals surface area contributed by atoms with Crippen molar-refractivity contribution in [3.05, 3.63) is 18.5 Å². The lowest BCUT2D eigenvalue weighted by molar-refractivity contribution is -0.132. The zero-order valence-electron chi connectivity index (χ0n) is 13.9. The number of rotatable bonds is 2. The number of aromatic amines is 1. The molecule has 1 saturated heterocycles. The van der Waals surface area contributed by atoms with E-state index in [0.717, 1.165) is 28.4 Å². The molecule has 25 heavy (non-hydrogen) atoms. The monoisotopic (exact) mass is 337 g/mol. The minimum absolute atomic E-state index is 0.0108. The standard InChI is InChI=1S/C17H19N7O/c1-10-4-7-23(14(25)2-5-18)9-13(10)24-15-11-3-6-20-17(11)21-8-12(15)16(19)22-24/h3,6,8,10,13H,2,4,7,9H2,1H3,(H2,19,22)(H,20,21)/t10-,13+/m1/s1. The number of likely N-dealkylation sites (tertiary alicyclic amines) is 1. The van der Waals surface area contributed by atoms with Crippen molar-refractivity contribution >= 4 is 33.7 Å². The van der Waals surface area contributed by atoms with Gasteiger partial charge in [-0.2, -0.15) is 10.4 Å². The molecule has 2 atom stereocenters. The van der Waals surface area contributed by atoms with Crippen LogP contribution in [-0.2, 0) is 4.79 Å². The summed E-state index contributed by atoms with van der Waals surface area (Å²) in [6, 6.07) is 3.92. The number of nitrogens with one attached hydrogen (secondary N) is 1. The lowest BCUT2D eigenvalue weighted by atomic mass is 9.93. The van der Waals surface area contributed by atoms with Crippen molar-refractivity contribution < 1.29 is 4.79 Å². The molecule has 4 heterocycles. The number of anilines is 1. The Hall–Kier alpha value is -3.08. The summed E-state index contributed by atoms with van der Waals surface area (Å²) in [7, 11) is 0. The topological polar surface area (TPSA) is 117 Å². The van der Waals surface area contributed by atoms with Crippen molar-refractivity contribution in [3.63, 3.8) is 0 Å². The first-order valence-electron chi connectivity index (χ1n) is 8.34. The summed E-state index contributed by atoms with van der Waals surface area (Å²) in [6.45, 7) is 3.37. The van der Waals surface area contributed by atoms with Crippen LogP contribution in [0.2, 0.25) is 0 Å². The van der Waals surface area contributed by atoms with E-state index in [1.54, 1.807) is 11.1 Å². The first-order valence-corrected chi connectivity index (χ1v) is 8.34. The number of nitrogens with zero attached hydrogens (tertiary/aromatic N) is 5. The molecule has 0 saturated carbocycles. The average Bonchev–Trinajstić information content (AvgIpc) is 3.20. The van der Waals surface area contributed by atoms with E-state index in [0.29, 0.717) is 24.8 Å². The van der Waals surface area contributed by atoms with Gasteiger partial charge >= 0.3 is 0 Å². The summed E-state index contributed by atoms with van der Waals surface area (Å²) < 4.78 is 1.94. The molecule has 0 unspecified atom stereocenters. The van der Waals surface area contributed by atoms with Gasteiger partial charge in [0.2, 0.25) is 5.91 Å². The number of fused-ring (bicyclic) bond motifs is 3. The van der Waals surface area contributed by atoms with Crippen molar-refractivity contribution in [3.8, 4) is 6.07 Å². The molecule has 0 bridgehead atoms. The highest BCUT2D eigenvalue weighted by molar-refractivity contribution is 6.06. The molecule has 3 aromatic rings. The SMILES string of the molecule is C[C@@H]1CCN(C(=O)CC#N)C[C@@H]1n1nc(N)c2cnc3[nH]ccc3c21. The Bertz CT molecular complexity index is 996. The van der Waals surface area contributed by atoms with Crippen molar-refractivity contribution in [2.45, 2.75) is 25.8 Å². The van der Waals surface area contributed by atoms with Crippen LogP contribution in [0.15, 0.2) is 18.5 Å². The van der Waals surface area contributed by atoms with Crippen LogP contribution in [0.25, 0.3) is 21.9 Å². The Morgan fingerprint density at radius 2 is 2.36 bits per heavy atom. The van der Waals surface area contributed by atoms with E-state index in [9.17, 15) is 4.79 Å². The fraction of sp³-hybridized carbons (Fsp3) is 0.412. The molecule has 0 spiro atoms. The second-order valence-electron chi connectivity index (χ2n) is 6.60. The number of pyridine rings is 1. The van der Waals surface area contributed by atoms with Gasteiger partial charge in [0.05, 0.1) is 23.0 Å². The minimum Gasteiger partial charge on any atom is -0.382 e. The Balaban J connectivity index is 1.81. The van der Waals surface area contributed by atoms with Crippen LogP contribution in [0.3, 0.4) is 0 Å². The second-order valence-corrected chi connectivity index (χ2v) is 6.60. The second kappa shape index (κ2) is 5.77. The molecular weight excluding hydrogens is 318 g/mol. The van der Waals surface area contributed by atoms with Gasteiger partial charge in [-0.3, -0.25) is 9.48 Å². The Labute approximate surface area is 144 Å². The summed E-state index contributed by atoms with van der Waals surface area (Å²) in [6.07, 6.45) is 4.36. The lowest BCUT2D eigenvalue weighted by Gasteiger charge is -2.37. The maximum Gasteiger partial charge on any atom is 0.236 e. The largest absolute Gasteiger partial charge is 0.382 e. The fourth-order valence-electron chi connectivity index (χ4n) is 3.66. The number of H-pyrrole nitrogens is 1. The number of hydrogen-bond acceptors (Lipinski definition) is 5. The number of carbonyl (C=O) groups excluding carboxylic acids is 1. The van der Waals surface area contributed by atoms with Crippen molar-refractivity contribution in [1.29, 1.82) is 5.26 Å². The molecule has 128 valence electrons. The highest BCUT2D eigenvalue weighted by Gasteiger charge is 2.32. The third-order valence-corrected chi connectivity index (χ3v) is 5.09. The van der Waals surface area contributed by atoms with Gasteiger partial charge in [0, 0.05) is 30.9 Å². The van der Waals surface area contributed by atoms with E-state index in [1.165, 1.54) is 0 Å². The molecule has 4 rings (SSSR count). The van der Waals surface area contributed by atoms with Crippen LogP contribution in [0, 0.1) is 17.2 Å². The van der Waals surface area contributed by atoms with Crippen LogP contribution < -0.4 is 5.73 Å². The smallest absolute Gasteiger partial charge is 0.236 e. The van der Waals surface area contributed by atoms with Crippen molar-refractivity contribution in [1.82, 2.24) is 24.6 Å². The number of aromatic nitrogens is 4. The number of carbonyl (C=O) groups is 1. The number of nitrogens with two attached hydrogens (primary N) is 1. The molecule has 0 radical (unpaired) electrons. The molecule has 0 aliphatic carbocycles. The summed E-state index contributed by atoms with van der Waals surface area (Å²) in [5.74, 6) is 0.659. The van der Waals surface area contributed by atoms with Crippen LogP contribution in [0.1, 0.15) is 25.8 Å². The van der Waals surface area contributed by atoms with E-state index in [-0.39, 0.29) is 18.4 Å². The third kappa shape index (κ3) is 2.39. The molecule has 1 amide bonds. The van der Waals surface area contributed by atoms with Gasteiger partial charge in [-0.25, -0.2) is 4.98 Å². The maximum absolute atomic E-state index is 12.2. The van der Waals surface area contributed by atoms with Gasteiger partial charge in [0.25, 0.3) is 0 Å². The number of hydrogen-bond donors (Lipinski definition) is 2. The number of amides is 1. The predicted octanol–water partition coefficient (Wildman–Crippen LogP) is 1.82. The Morgan fingerprint density at radius 3 is 3.16 bits per heavy atom. The molecule has 3 N–H and O–H groups in total. The lowest BCUT2D eigenvalue weighted by Crippen LogP contribution is -2.44. The van der Waals surface area contributed by atoms with E-state index in [1.807, 2.05) is 23.0 Å². The van der Waals surface area contributed by atoms with Gasteiger partial charge in [0.15, 0.2) is 5.82 Å². The summed E-state index contributed by atoms with van der Waals surface area (Å²) in [5.41, 5.74) is 7.85. The van der Waals surface area contributed by atoms with Crippen molar-refractivity contribution in [2.24, 2.45) is 5.92 Å². The Kier molecular flexibility index (Phi) is 3.57. The van der Waals surface area contributed by atoms with Crippen LogP contribution in [0.5, 0.6) is 0 Å². The highest BCUT2D eigenvalue weighted by Crippen LogP contribution is 2.34. The highest BCUT2D eigenvalue weighted by atomic mass is 16.2. The van der Waals surface area contributed by atoms with Gasteiger partial charge in [-0.1, -0.05) is 6.92 Å². The molecule has 1 aliphatic heterocycles. The minimum atomic E-state index is -0.128. The molecule has 8 heteroatoms.